The Balaban J connectivity index is 1.63. The third kappa shape index (κ3) is 4.77. The van der Waals surface area contributed by atoms with Gasteiger partial charge in [-0.15, -0.1) is 0 Å². The fourth-order valence-electron chi connectivity index (χ4n) is 3.49. The van der Waals surface area contributed by atoms with Crippen LogP contribution in [0.2, 0.25) is 0 Å². The molecule has 0 bridgehead atoms. The van der Waals surface area contributed by atoms with Gasteiger partial charge >= 0.3 is 5.51 Å². The number of amides is 1. The quantitative estimate of drug-likeness (QED) is 0.768. The minimum Gasteiger partial charge on any atom is -0.370 e. The van der Waals surface area contributed by atoms with E-state index in [9.17, 15) is 26.4 Å². The average molecular weight is 440 g/mol. The van der Waals surface area contributed by atoms with Crippen molar-refractivity contribution in [1.29, 1.82) is 0 Å². The van der Waals surface area contributed by atoms with E-state index in [4.69, 9.17) is 0 Å². The van der Waals surface area contributed by atoms with Gasteiger partial charge in [-0.3, -0.25) is 4.79 Å². The molecule has 9 heteroatoms. The van der Waals surface area contributed by atoms with Crippen LogP contribution in [0.25, 0.3) is 0 Å². The summed E-state index contributed by atoms with van der Waals surface area (Å²) in [6.07, 6.45) is 0.861. The predicted molar refractivity (Wildman–Crippen MR) is 108 cm³/mol. The Labute approximate surface area is 173 Å². The molecule has 1 amide bonds. The van der Waals surface area contributed by atoms with Gasteiger partial charge < -0.3 is 10.2 Å². The van der Waals surface area contributed by atoms with Gasteiger partial charge in [0.05, 0.1) is 10.6 Å². The van der Waals surface area contributed by atoms with Crippen LogP contribution in [0, 0.1) is 12.8 Å². The number of sulfone groups is 1. The van der Waals surface area contributed by atoms with E-state index >= 15 is 0 Å². The van der Waals surface area contributed by atoms with Gasteiger partial charge in [0.1, 0.15) is 0 Å². The largest absolute Gasteiger partial charge is 0.501 e. The maximum absolute atomic E-state index is 13.0. The van der Waals surface area contributed by atoms with Crippen LogP contribution in [0.15, 0.2) is 53.4 Å². The Morgan fingerprint density at radius 1 is 1.07 bits per heavy atom. The molecule has 1 heterocycles. The SMILES string of the molecule is Cc1ccc(CNC(=O)C2CCN(c3ccccc3S(=O)(=O)C(F)(F)F)CC2)cc1. The number of nitrogens with one attached hydrogen (secondary N) is 1. The number of anilines is 1. The van der Waals surface area contributed by atoms with E-state index in [1.165, 1.54) is 18.2 Å². The second-order valence-electron chi connectivity index (χ2n) is 7.38. The van der Waals surface area contributed by atoms with Crippen LogP contribution in [0.5, 0.6) is 0 Å². The number of carbonyl (C=O) groups excluding carboxylic acids is 1. The van der Waals surface area contributed by atoms with Crippen LogP contribution in [-0.4, -0.2) is 32.9 Å². The summed E-state index contributed by atoms with van der Waals surface area (Å²) >= 11 is 0. The maximum Gasteiger partial charge on any atom is 0.501 e. The number of rotatable bonds is 5. The molecule has 5 nitrogen and oxygen atoms in total. The Morgan fingerprint density at radius 3 is 2.27 bits per heavy atom. The van der Waals surface area contributed by atoms with E-state index in [0.29, 0.717) is 32.5 Å². The molecule has 0 aromatic heterocycles. The molecule has 30 heavy (non-hydrogen) atoms. The fraction of sp³-hybridized carbons (Fsp3) is 0.381. The zero-order valence-electron chi connectivity index (χ0n) is 16.4. The lowest BCUT2D eigenvalue weighted by atomic mass is 9.95. The molecule has 2 aromatic rings. The smallest absolute Gasteiger partial charge is 0.370 e. The highest BCUT2D eigenvalue weighted by atomic mass is 32.2. The molecule has 1 aliphatic heterocycles. The molecule has 1 saturated heterocycles. The van der Waals surface area contributed by atoms with Gasteiger partial charge in [0.15, 0.2) is 0 Å². The highest BCUT2D eigenvalue weighted by molar-refractivity contribution is 7.92. The van der Waals surface area contributed by atoms with Crippen LogP contribution < -0.4 is 10.2 Å². The first-order valence-electron chi connectivity index (χ1n) is 9.58. The molecule has 0 unspecified atom stereocenters. The van der Waals surface area contributed by atoms with Gasteiger partial charge in [-0.25, -0.2) is 8.42 Å². The molecule has 3 rings (SSSR count). The number of halogens is 3. The molecule has 2 aromatic carbocycles. The lowest BCUT2D eigenvalue weighted by molar-refractivity contribution is -0.125. The number of aryl methyl sites for hydroxylation is 1. The van der Waals surface area contributed by atoms with Crippen LogP contribution in [-0.2, 0) is 21.2 Å². The Kier molecular flexibility index (Phi) is 6.40. The molecule has 1 fully saturated rings. The first kappa shape index (κ1) is 22.1. The van der Waals surface area contributed by atoms with E-state index < -0.39 is 20.2 Å². The highest BCUT2D eigenvalue weighted by Gasteiger charge is 2.48. The Hall–Kier alpha value is -2.55. The molecule has 1 N–H and O–H groups in total. The van der Waals surface area contributed by atoms with Crippen LogP contribution in [0.1, 0.15) is 24.0 Å². The van der Waals surface area contributed by atoms with Gasteiger partial charge in [-0.05, 0) is 37.5 Å². The zero-order valence-corrected chi connectivity index (χ0v) is 17.3. The van der Waals surface area contributed by atoms with Crippen molar-refractivity contribution in [2.75, 3.05) is 18.0 Å². The van der Waals surface area contributed by atoms with Crippen molar-refractivity contribution in [2.24, 2.45) is 5.92 Å². The third-order valence-electron chi connectivity index (χ3n) is 5.25. The van der Waals surface area contributed by atoms with Gasteiger partial charge in [0.25, 0.3) is 9.84 Å². The number of hydrogen-bond donors (Lipinski definition) is 1. The summed E-state index contributed by atoms with van der Waals surface area (Å²) in [5.41, 5.74) is -3.23. The molecular formula is C21H23F3N2O3S. The van der Waals surface area contributed by atoms with Crippen molar-refractivity contribution in [3.05, 3.63) is 59.7 Å². The standard InChI is InChI=1S/C21H23F3N2O3S/c1-15-6-8-16(9-7-15)14-25-20(27)17-10-12-26(13-11-17)18-4-2-3-5-19(18)30(28,29)21(22,23)24/h2-9,17H,10-14H2,1H3,(H,25,27). The van der Waals surface area contributed by atoms with E-state index in [1.807, 2.05) is 31.2 Å². The Morgan fingerprint density at radius 2 is 1.67 bits per heavy atom. The van der Waals surface area contributed by atoms with E-state index in [-0.39, 0.29) is 17.5 Å². The summed E-state index contributed by atoms with van der Waals surface area (Å²) in [6.45, 7) is 2.99. The monoisotopic (exact) mass is 440 g/mol. The number of hydrogen-bond acceptors (Lipinski definition) is 4. The van der Waals surface area contributed by atoms with Gasteiger partial charge in [-0.2, -0.15) is 13.2 Å². The molecule has 0 radical (unpaired) electrons. The molecule has 162 valence electrons. The van der Waals surface area contributed by atoms with Crippen molar-refractivity contribution < 1.29 is 26.4 Å². The number of benzene rings is 2. The van der Waals surface area contributed by atoms with Gasteiger partial charge in [0, 0.05) is 25.6 Å². The number of piperidine rings is 1. The summed E-state index contributed by atoms with van der Waals surface area (Å²) in [5.74, 6) is -0.371. The summed E-state index contributed by atoms with van der Waals surface area (Å²) in [5, 5.41) is 2.90. The van der Waals surface area contributed by atoms with E-state index in [1.54, 1.807) is 4.90 Å². The molecule has 0 aliphatic carbocycles. The van der Waals surface area contributed by atoms with Crippen molar-refractivity contribution in [3.8, 4) is 0 Å². The van der Waals surface area contributed by atoms with Crippen LogP contribution in [0.3, 0.4) is 0 Å². The summed E-state index contributed by atoms with van der Waals surface area (Å²) in [6, 6.07) is 12.9. The summed E-state index contributed by atoms with van der Waals surface area (Å²) in [7, 11) is -5.45. The number of carbonyl (C=O) groups is 1. The number of alkyl halides is 3. The first-order valence-corrected chi connectivity index (χ1v) is 11.1. The minimum absolute atomic E-state index is 0.0216. The second kappa shape index (κ2) is 8.67. The van der Waals surface area contributed by atoms with Gasteiger partial charge in [-0.1, -0.05) is 42.0 Å². The molecule has 1 aliphatic rings. The maximum atomic E-state index is 13.0. The van der Waals surface area contributed by atoms with Crippen LogP contribution >= 0.6 is 0 Å². The number of nitrogens with zero attached hydrogens (tertiary/aromatic N) is 1. The Bertz CT molecular complexity index is 997. The molecule has 0 atom stereocenters. The first-order chi connectivity index (χ1) is 14.1. The zero-order chi connectivity index (χ0) is 21.9. The summed E-state index contributed by atoms with van der Waals surface area (Å²) < 4.78 is 62.9. The average Bonchev–Trinajstić information content (AvgIpc) is 2.72. The minimum atomic E-state index is -5.45. The van der Waals surface area contributed by atoms with Crippen molar-refractivity contribution >= 4 is 21.4 Å². The molecular weight excluding hydrogens is 417 g/mol. The third-order valence-corrected chi connectivity index (χ3v) is 6.79. The second-order valence-corrected chi connectivity index (χ2v) is 9.29. The van der Waals surface area contributed by atoms with Crippen molar-refractivity contribution in [2.45, 2.75) is 36.7 Å². The topological polar surface area (TPSA) is 66.5 Å². The predicted octanol–water partition coefficient (Wildman–Crippen LogP) is 3.82. The van der Waals surface area contributed by atoms with E-state index in [2.05, 4.69) is 5.32 Å². The van der Waals surface area contributed by atoms with Crippen molar-refractivity contribution in [1.82, 2.24) is 5.32 Å². The normalized spacial score (nSPS) is 15.8. The van der Waals surface area contributed by atoms with Crippen LogP contribution in [0.4, 0.5) is 18.9 Å². The van der Waals surface area contributed by atoms with Gasteiger partial charge in [0.2, 0.25) is 5.91 Å². The number of para-hydroxylation sites is 1. The fourth-order valence-corrected chi connectivity index (χ4v) is 4.47. The molecule has 0 spiro atoms. The summed E-state index contributed by atoms with van der Waals surface area (Å²) in [4.78, 5) is 13.3. The highest BCUT2D eigenvalue weighted by Crippen LogP contribution is 2.37. The van der Waals surface area contributed by atoms with E-state index in [0.717, 1.165) is 17.2 Å². The lowest BCUT2D eigenvalue weighted by Crippen LogP contribution is -2.41. The lowest BCUT2D eigenvalue weighted by Gasteiger charge is -2.34. The molecule has 0 saturated carbocycles. The van der Waals surface area contributed by atoms with Crippen molar-refractivity contribution in [3.63, 3.8) is 0 Å².